The first-order valence-corrected chi connectivity index (χ1v) is 6.83. The van der Waals surface area contributed by atoms with E-state index in [1.807, 2.05) is 0 Å². The van der Waals surface area contributed by atoms with Gasteiger partial charge in [-0.15, -0.1) is 0 Å². The van der Waals surface area contributed by atoms with Gasteiger partial charge >= 0.3 is 18.1 Å². The highest BCUT2D eigenvalue weighted by Gasteiger charge is 2.48. The third-order valence-corrected chi connectivity index (χ3v) is 3.46. The summed E-state index contributed by atoms with van der Waals surface area (Å²) in [4.78, 5) is 22.9. The van der Waals surface area contributed by atoms with Crippen LogP contribution >= 0.6 is 0 Å². The van der Waals surface area contributed by atoms with Gasteiger partial charge in [0.25, 0.3) is 0 Å². The molecule has 0 amide bonds. The normalized spacial score (nSPS) is 29.9. The molecule has 1 saturated heterocycles. The van der Waals surface area contributed by atoms with E-state index < -0.39 is 59.9 Å². The second-order valence-electron chi connectivity index (χ2n) is 5.22. The Bertz CT molecular complexity index is 662. The molecule has 1 fully saturated rings. The lowest BCUT2D eigenvalue weighted by Crippen LogP contribution is -2.60. The maximum Gasteiger partial charge on any atom is 0.416 e. The van der Waals surface area contributed by atoms with Crippen LogP contribution in [-0.2, 0) is 20.4 Å². The molecule has 2 rings (SSSR count). The van der Waals surface area contributed by atoms with Gasteiger partial charge in [-0.2, -0.15) is 13.2 Å². The van der Waals surface area contributed by atoms with E-state index in [1.165, 1.54) is 0 Å². The summed E-state index contributed by atoms with van der Waals surface area (Å²) >= 11 is 0. The number of halogens is 3. The Balaban J connectivity index is 2.18. The summed E-state index contributed by atoms with van der Waals surface area (Å²) in [5, 5.41) is 37.6. The molecule has 8 nitrogen and oxygen atoms in total. The number of hydrogen-bond donors (Lipinski definition) is 4. The zero-order valence-electron chi connectivity index (χ0n) is 12.3. The first kappa shape index (κ1) is 19.1. The van der Waals surface area contributed by atoms with Crippen molar-refractivity contribution in [2.24, 2.45) is 0 Å². The van der Waals surface area contributed by atoms with Crippen molar-refractivity contribution in [2.75, 3.05) is 0 Å². The van der Waals surface area contributed by atoms with Crippen LogP contribution in [0.15, 0.2) is 24.3 Å². The molecule has 1 aliphatic rings. The van der Waals surface area contributed by atoms with Crippen molar-refractivity contribution < 1.29 is 52.7 Å². The maximum absolute atomic E-state index is 12.6. The smallest absolute Gasteiger partial charge is 0.416 e. The largest absolute Gasteiger partial charge is 0.479 e. The zero-order chi connectivity index (χ0) is 18.9. The molecular weight excluding hydrogens is 353 g/mol. The summed E-state index contributed by atoms with van der Waals surface area (Å²) in [7, 11) is 0. The minimum Gasteiger partial charge on any atom is -0.479 e. The summed E-state index contributed by atoms with van der Waals surface area (Å²) in [6.45, 7) is 0. The highest BCUT2D eigenvalue weighted by atomic mass is 19.4. The molecule has 1 aliphatic heterocycles. The first-order chi connectivity index (χ1) is 11.5. The Kier molecular flexibility index (Phi) is 5.32. The number of benzene rings is 1. The molecule has 0 radical (unpaired) electrons. The van der Waals surface area contributed by atoms with Crippen molar-refractivity contribution in [3.05, 3.63) is 35.4 Å². The summed E-state index contributed by atoms with van der Waals surface area (Å²) in [6.07, 6.45) is -14.7. The molecule has 0 unspecified atom stereocenters. The molecule has 138 valence electrons. The lowest BCUT2D eigenvalue weighted by Gasteiger charge is -2.37. The Morgan fingerprint density at radius 3 is 2.28 bits per heavy atom. The van der Waals surface area contributed by atoms with Gasteiger partial charge in [0.15, 0.2) is 6.10 Å². The molecule has 1 aromatic carbocycles. The number of esters is 1. The number of hydrogen-bond acceptors (Lipinski definition) is 7. The van der Waals surface area contributed by atoms with Crippen molar-refractivity contribution in [3.8, 4) is 0 Å². The van der Waals surface area contributed by atoms with Gasteiger partial charge in [0, 0.05) is 0 Å². The van der Waals surface area contributed by atoms with Gasteiger partial charge in [-0.3, -0.25) is 0 Å². The molecular formula is C14H13F3O8. The van der Waals surface area contributed by atoms with Crippen molar-refractivity contribution >= 4 is 11.9 Å². The highest BCUT2D eigenvalue weighted by Crippen LogP contribution is 2.30. The van der Waals surface area contributed by atoms with Crippen LogP contribution in [0.3, 0.4) is 0 Å². The molecule has 1 heterocycles. The maximum atomic E-state index is 12.6. The summed E-state index contributed by atoms with van der Waals surface area (Å²) in [5.41, 5.74) is -1.65. The van der Waals surface area contributed by atoms with Gasteiger partial charge in [0.2, 0.25) is 6.29 Å². The van der Waals surface area contributed by atoms with E-state index in [0.29, 0.717) is 6.07 Å². The fraction of sp³-hybridized carbons (Fsp3) is 0.429. The predicted octanol–water partition coefficient (Wildman–Crippen LogP) is -0.246. The molecule has 0 aromatic heterocycles. The number of ether oxygens (including phenoxy) is 2. The van der Waals surface area contributed by atoms with Crippen LogP contribution in [0.25, 0.3) is 0 Å². The van der Waals surface area contributed by atoms with E-state index in [4.69, 9.17) is 9.84 Å². The predicted molar refractivity (Wildman–Crippen MR) is 71.2 cm³/mol. The Hall–Kier alpha value is -2.21. The van der Waals surface area contributed by atoms with Crippen molar-refractivity contribution in [1.82, 2.24) is 0 Å². The third-order valence-electron chi connectivity index (χ3n) is 3.46. The van der Waals surface area contributed by atoms with Gasteiger partial charge in [0.05, 0.1) is 11.1 Å². The van der Waals surface area contributed by atoms with Crippen LogP contribution in [0.1, 0.15) is 15.9 Å². The van der Waals surface area contributed by atoms with Crippen LogP contribution < -0.4 is 0 Å². The molecule has 25 heavy (non-hydrogen) atoms. The molecule has 1 aromatic rings. The van der Waals surface area contributed by atoms with Crippen molar-refractivity contribution in [2.45, 2.75) is 36.9 Å². The van der Waals surface area contributed by atoms with E-state index in [2.05, 4.69) is 4.74 Å². The quantitative estimate of drug-likeness (QED) is 0.539. The van der Waals surface area contributed by atoms with Crippen LogP contribution in [-0.4, -0.2) is 63.1 Å². The average Bonchev–Trinajstić information content (AvgIpc) is 2.54. The molecule has 0 bridgehead atoms. The number of carboxylic acid groups (broad SMARTS) is 1. The minimum atomic E-state index is -4.70. The van der Waals surface area contributed by atoms with Gasteiger partial charge in [-0.25, -0.2) is 9.59 Å². The van der Waals surface area contributed by atoms with E-state index in [1.54, 1.807) is 0 Å². The second kappa shape index (κ2) is 6.96. The SMILES string of the molecule is O=C(O[C@@H]1O[C@H](C(=O)O)[C@@H](O)[C@H](O)[C@H]1O)c1cccc(C(F)(F)F)c1. The topological polar surface area (TPSA) is 134 Å². The van der Waals surface area contributed by atoms with Gasteiger partial charge in [-0.05, 0) is 18.2 Å². The monoisotopic (exact) mass is 366 g/mol. The average molecular weight is 366 g/mol. The van der Waals surface area contributed by atoms with Gasteiger partial charge in [0.1, 0.15) is 18.3 Å². The molecule has 0 aliphatic carbocycles. The Labute approximate surface area is 138 Å². The number of aliphatic carboxylic acids is 1. The van der Waals surface area contributed by atoms with E-state index >= 15 is 0 Å². The fourth-order valence-electron chi connectivity index (χ4n) is 2.15. The van der Waals surface area contributed by atoms with E-state index in [0.717, 1.165) is 18.2 Å². The first-order valence-electron chi connectivity index (χ1n) is 6.83. The lowest BCUT2D eigenvalue weighted by atomic mass is 9.99. The molecule has 5 atom stereocenters. The number of aliphatic hydroxyl groups excluding tert-OH is 3. The molecule has 0 saturated carbocycles. The van der Waals surface area contributed by atoms with Crippen molar-refractivity contribution in [1.29, 1.82) is 0 Å². The molecule has 11 heteroatoms. The lowest BCUT2D eigenvalue weighted by molar-refractivity contribution is -0.278. The number of alkyl halides is 3. The van der Waals surface area contributed by atoms with Crippen LogP contribution in [0.5, 0.6) is 0 Å². The zero-order valence-corrected chi connectivity index (χ0v) is 12.3. The Morgan fingerprint density at radius 2 is 1.72 bits per heavy atom. The summed E-state index contributed by atoms with van der Waals surface area (Å²) in [5.74, 6) is -3.04. The van der Waals surface area contributed by atoms with Crippen molar-refractivity contribution in [3.63, 3.8) is 0 Å². The van der Waals surface area contributed by atoms with Crippen LogP contribution in [0.4, 0.5) is 13.2 Å². The van der Waals surface area contributed by atoms with Gasteiger partial charge < -0.3 is 29.9 Å². The number of carbonyl (C=O) groups excluding carboxylic acids is 1. The van der Waals surface area contributed by atoms with Crippen LogP contribution in [0, 0.1) is 0 Å². The fourth-order valence-corrected chi connectivity index (χ4v) is 2.15. The van der Waals surface area contributed by atoms with Gasteiger partial charge in [-0.1, -0.05) is 6.07 Å². The standard InChI is InChI=1S/C14H13F3O8/c15-14(16,17)6-3-1-2-5(4-6)12(23)25-13-9(20)7(18)8(19)10(24-13)11(21)22/h1-4,7-10,13,18-20H,(H,21,22)/t7-,8-,9+,10-,13-/m0/s1. The second-order valence-corrected chi connectivity index (χ2v) is 5.22. The van der Waals surface area contributed by atoms with E-state index in [9.17, 15) is 38.1 Å². The number of carboxylic acids is 1. The number of rotatable bonds is 3. The minimum absolute atomic E-state index is 0.498. The highest BCUT2D eigenvalue weighted by molar-refractivity contribution is 5.89. The molecule has 0 spiro atoms. The third kappa shape index (κ3) is 4.07. The summed E-state index contributed by atoms with van der Waals surface area (Å²) in [6, 6.07) is 3.18. The molecule has 4 N–H and O–H groups in total. The Morgan fingerprint density at radius 1 is 1.08 bits per heavy atom. The summed E-state index contributed by atoms with van der Waals surface area (Å²) < 4.78 is 47.3. The van der Waals surface area contributed by atoms with Crippen LogP contribution in [0.2, 0.25) is 0 Å². The number of carbonyl (C=O) groups is 2. The number of aliphatic hydroxyl groups is 3. The van der Waals surface area contributed by atoms with E-state index in [-0.39, 0.29) is 0 Å².